The fraction of sp³-hybridized carbons (Fsp3) is 0.357. The third-order valence-corrected chi connectivity index (χ3v) is 3.84. The van der Waals surface area contributed by atoms with Gasteiger partial charge in [-0.3, -0.25) is 4.68 Å². The van der Waals surface area contributed by atoms with Crippen LogP contribution >= 0.6 is 15.9 Å². The van der Waals surface area contributed by atoms with Crippen molar-refractivity contribution in [2.45, 2.75) is 33.4 Å². The van der Waals surface area contributed by atoms with Crippen molar-refractivity contribution < 1.29 is 0 Å². The molecule has 0 fully saturated rings. The number of halogens is 1. The molecule has 0 unspecified atom stereocenters. The molecule has 0 radical (unpaired) electrons. The van der Waals surface area contributed by atoms with Gasteiger partial charge in [0.2, 0.25) is 0 Å². The Labute approximate surface area is 116 Å². The fourth-order valence-corrected chi connectivity index (χ4v) is 2.63. The first-order valence-electron chi connectivity index (χ1n) is 6.29. The molecule has 96 valence electrons. The number of benzene rings is 1. The van der Waals surface area contributed by atoms with Crippen LogP contribution in [-0.2, 0) is 19.5 Å². The Hall–Kier alpha value is -1.29. The van der Waals surface area contributed by atoms with Gasteiger partial charge >= 0.3 is 0 Å². The lowest BCUT2D eigenvalue weighted by molar-refractivity contribution is 0.619. The maximum Gasteiger partial charge on any atom is 0.0767 e. The van der Waals surface area contributed by atoms with E-state index in [0.717, 1.165) is 35.4 Å². The van der Waals surface area contributed by atoms with Crippen molar-refractivity contribution in [3.63, 3.8) is 0 Å². The molecule has 2 aromatic rings. The van der Waals surface area contributed by atoms with Crippen LogP contribution < -0.4 is 5.32 Å². The van der Waals surface area contributed by atoms with Gasteiger partial charge in [0.25, 0.3) is 0 Å². The Morgan fingerprint density at radius 2 is 1.94 bits per heavy atom. The lowest BCUT2D eigenvalue weighted by atomic mass is 10.3. The van der Waals surface area contributed by atoms with Crippen LogP contribution in [0.15, 0.2) is 34.8 Å². The summed E-state index contributed by atoms with van der Waals surface area (Å²) in [6.07, 6.45) is 0.950. The molecule has 0 aliphatic rings. The number of rotatable bonds is 5. The van der Waals surface area contributed by atoms with Crippen molar-refractivity contribution in [3.8, 4) is 0 Å². The summed E-state index contributed by atoms with van der Waals surface area (Å²) >= 11 is 3.65. The van der Waals surface area contributed by atoms with E-state index in [-0.39, 0.29) is 0 Å². The molecule has 0 aliphatic carbocycles. The summed E-state index contributed by atoms with van der Waals surface area (Å²) in [4.78, 5) is 0. The highest BCUT2D eigenvalue weighted by Crippen LogP contribution is 2.23. The molecule has 1 heterocycles. The molecule has 3 nitrogen and oxygen atoms in total. The minimum absolute atomic E-state index is 0.783. The van der Waals surface area contributed by atoms with Gasteiger partial charge in [0.05, 0.1) is 22.4 Å². The van der Waals surface area contributed by atoms with E-state index in [2.05, 4.69) is 57.0 Å². The van der Waals surface area contributed by atoms with Gasteiger partial charge in [-0.15, -0.1) is 0 Å². The van der Waals surface area contributed by atoms with Gasteiger partial charge in [0, 0.05) is 12.2 Å². The first-order chi connectivity index (χ1) is 8.76. The van der Waals surface area contributed by atoms with Crippen LogP contribution in [0.4, 0.5) is 5.69 Å². The van der Waals surface area contributed by atoms with Crippen LogP contribution in [0.2, 0.25) is 0 Å². The topological polar surface area (TPSA) is 29.9 Å². The first-order valence-corrected chi connectivity index (χ1v) is 7.08. The van der Waals surface area contributed by atoms with E-state index in [1.54, 1.807) is 0 Å². The number of nitrogens with zero attached hydrogens (tertiary/aromatic N) is 2. The summed E-state index contributed by atoms with van der Waals surface area (Å²) in [7, 11) is 0. The minimum atomic E-state index is 0.783. The molecule has 0 spiro atoms. The van der Waals surface area contributed by atoms with Crippen molar-refractivity contribution >= 4 is 21.6 Å². The molecular formula is C14H18BrN3. The first kappa shape index (κ1) is 13.1. The number of para-hydroxylation sites is 1. The lowest BCUT2D eigenvalue weighted by Crippen LogP contribution is -2.08. The van der Waals surface area contributed by atoms with Crippen LogP contribution in [0.3, 0.4) is 0 Å². The highest BCUT2D eigenvalue weighted by atomic mass is 79.9. The van der Waals surface area contributed by atoms with Gasteiger partial charge < -0.3 is 5.32 Å². The predicted molar refractivity (Wildman–Crippen MR) is 78.7 cm³/mol. The van der Waals surface area contributed by atoms with E-state index in [1.807, 2.05) is 18.2 Å². The summed E-state index contributed by atoms with van der Waals surface area (Å²) in [5, 5.41) is 8.01. The zero-order valence-corrected chi connectivity index (χ0v) is 12.4. The van der Waals surface area contributed by atoms with Gasteiger partial charge in [0.1, 0.15) is 0 Å². The Kier molecular flexibility index (Phi) is 4.42. The van der Waals surface area contributed by atoms with Gasteiger partial charge in [0.15, 0.2) is 0 Å². The van der Waals surface area contributed by atoms with Crippen molar-refractivity contribution in [1.29, 1.82) is 0 Å². The standard InChI is InChI=1S/C14H18BrN3/c1-3-12-14(15)13(18(4-2)17-12)10-16-11-8-6-5-7-9-11/h5-9,16H,3-4,10H2,1-2H3. The highest BCUT2D eigenvalue weighted by molar-refractivity contribution is 9.10. The SMILES string of the molecule is CCc1nn(CC)c(CNc2ccccc2)c1Br. The van der Waals surface area contributed by atoms with Gasteiger partial charge in [-0.1, -0.05) is 25.1 Å². The molecule has 4 heteroatoms. The van der Waals surface area contributed by atoms with Gasteiger partial charge in [-0.2, -0.15) is 5.10 Å². The molecule has 1 aromatic carbocycles. The van der Waals surface area contributed by atoms with Crippen LogP contribution in [0.5, 0.6) is 0 Å². The second kappa shape index (κ2) is 6.05. The Balaban J connectivity index is 2.16. The zero-order chi connectivity index (χ0) is 13.0. The molecule has 0 aliphatic heterocycles. The largest absolute Gasteiger partial charge is 0.379 e. The van der Waals surface area contributed by atoms with Crippen molar-refractivity contribution in [2.75, 3.05) is 5.32 Å². The highest BCUT2D eigenvalue weighted by Gasteiger charge is 2.13. The number of nitrogens with one attached hydrogen (secondary N) is 1. The number of aryl methyl sites for hydroxylation is 2. The summed E-state index contributed by atoms with van der Waals surface area (Å²) < 4.78 is 3.19. The third kappa shape index (κ3) is 2.75. The van der Waals surface area contributed by atoms with Gasteiger partial charge in [-0.25, -0.2) is 0 Å². The summed E-state index contributed by atoms with van der Waals surface area (Å²) in [5.74, 6) is 0. The normalized spacial score (nSPS) is 10.6. The van der Waals surface area contributed by atoms with E-state index in [1.165, 1.54) is 5.69 Å². The van der Waals surface area contributed by atoms with Crippen LogP contribution in [0.1, 0.15) is 25.2 Å². The summed E-state index contributed by atoms with van der Waals surface area (Å²) in [6, 6.07) is 10.2. The van der Waals surface area contributed by atoms with E-state index in [0.29, 0.717) is 0 Å². The quantitative estimate of drug-likeness (QED) is 0.909. The minimum Gasteiger partial charge on any atom is -0.379 e. The second-order valence-electron chi connectivity index (χ2n) is 4.10. The molecule has 0 saturated heterocycles. The predicted octanol–water partition coefficient (Wildman–Crippen LogP) is 3.84. The second-order valence-corrected chi connectivity index (χ2v) is 4.89. The maximum absolute atomic E-state index is 4.59. The van der Waals surface area contributed by atoms with Crippen LogP contribution in [0.25, 0.3) is 0 Å². The fourth-order valence-electron chi connectivity index (χ4n) is 1.93. The average molecular weight is 308 g/mol. The Morgan fingerprint density at radius 3 is 2.56 bits per heavy atom. The number of anilines is 1. The average Bonchev–Trinajstić information content (AvgIpc) is 2.73. The Bertz CT molecular complexity index is 505. The van der Waals surface area contributed by atoms with E-state index < -0.39 is 0 Å². The lowest BCUT2D eigenvalue weighted by Gasteiger charge is -2.08. The molecule has 1 aromatic heterocycles. The molecule has 1 N–H and O–H groups in total. The summed E-state index contributed by atoms with van der Waals surface area (Å²) in [5.41, 5.74) is 3.46. The molecular weight excluding hydrogens is 290 g/mol. The maximum atomic E-state index is 4.59. The number of hydrogen-bond acceptors (Lipinski definition) is 2. The van der Waals surface area contributed by atoms with E-state index in [9.17, 15) is 0 Å². The van der Waals surface area contributed by atoms with E-state index in [4.69, 9.17) is 0 Å². The van der Waals surface area contributed by atoms with Gasteiger partial charge in [-0.05, 0) is 41.4 Å². The molecule has 0 amide bonds. The third-order valence-electron chi connectivity index (χ3n) is 2.93. The Morgan fingerprint density at radius 1 is 1.22 bits per heavy atom. The summed E-state index contributed by atoms with van der Waals surface area (Å²) in [6.45, 7) is 5.92. The molecule has 0 saturated carbocycles. The molecule has 0 atom stereocenters. The van der Waals surface area contributed by atoms with Crippen molar-refractivity contribution in [1.82, 2.24) is 9.78 Å². The number of hydrogen-bond donors (Lipinski definition) is 1. The van der Waals surface area contributed by atoms with Crippen molar-refractivity contribution in [2.24, 2.45) is 0 Å². The monoisotopic (exact) mass is 307 g/mol. The molecule has 0 bridgehead atoms. The van der Waals surface area contributed by atoms with Crippen LogP contribution in [-0.4, -0.2) is 9.78 Å². The molecule has 2 rings (SSSR count). The smallest absolute Gasteiger partial charge is 0.0767 e. The van der Waals surface area contributed by atoms with Crippen molar-refractivity contribution in [3.05, 3.63) is 46.2 Å². The van der Waals surface area contributed by atoms with E-state index >= 15 is 0 Å². The zero-order valence-electron chi connectivity index (χ0n) is 10.8. The number of aromatic nitrogens is 2. The molecule has 18 heavy (non-hydrogen) atoms. The van der Waals surface area contributed by atoms with Crippen LogP contribution in [0, 0.1) is 0 Å².